The van der Waals surface area contributed by atoms with E-state index in [-0.39, 0.29) is 11.2 Å². The molecule has 0 aliphatic heterocycles. The molecule has 5 aromatic rings. The zero-order valence-electron chi connectivity index (χ0n) is 17.7. The van der Waals surface area contributed by atoms with Crippen LogP contribution < -0.4 is 10.2 Å². The molecule has 5 rings (SSSR count). The zero-order chi connectivity index (χ0) is 21.9. The Bertz CT molecular complexity index is 1360. The Hall–Kier alpha value is -4.11. The van der Waals surface area contributed by atoms with Crippen LogP contribution in [0.3, 0.4) is 0 Å². The standard InChI is InChI=1S/C29H22O3/c1-20-16-18-23(19-17-20)28-29(26(30)24-14-8-9-15-25(24)31-28)32-27(21-10-4-2-5-11-21)22-12-6-3-7-13-22/h2-19,27H,1H3. The van der Waals surface area contributed by atoms with Gasteiger partial charge in [0.1, 0.15) is 11.7 Å². The highest BCUT2D eigenvalue weighted by atomic mass is 16.5. The second-order valence-corrected chi connectivity index (χ2v) is 7.77. The fraction of sp³-hybridized carbons (Fsp3) is 0.0690. The van der Waals surface area contributed by atoms with Gasteiger partial charge in [-0.2, -0.15) is 0 Å². The van der Waals surface area contributed by atoms with Crippen molar-refractivity contribution in [2.24, 2.45) is 0 Å². The van der Waals surface area contributed by atoms with Crippen molar-refractivity contribution in [3.05, 3.63) is 136 Å². The number of ether oxygens (including phenoxy) is 1. The van der Waals surface area contributed by atoms with Gasteiger partial charge in [-0.1, -0.05) is 103 Å². The molecule has 0 N–H and O–H groups in total. The number of para-hydroxylation sites is 1. The van der Waals surface area contributed by atoms with Gasteiger partial charge in [-0.05, 0) is 30.2 Å². The van der Waals surface area contributed by atoms with Gasteiger partial charge in [0.05, 0.1) is 5.39 Å². The first-order valence-corrected chi connectivity index (χ1v) is 10.6. The third-order valence-electron chi connectivity index (χ3n) is 5.51. The van der Waals surface area contributed by atoms with Crippen molar-refractivity contribution < 1.29 is 9.15 Å². The molecule has 3 heteroatoms. The molecule has 4 aromatic carbocycles. The largest absolute Gasteiger partial charge is 0.473 e. The number of hydrogen-bond donors (Lipinski definition) is 0. The van der Waals surface area contributed by atoms with E-state index in [1.54, 1.807) is 6.07 Å². The Balaban J connectivity index is 1.73. The van der Waals surface area contributed by atoms with Gasteiger partial charge in [0, 0.05) is 5.56 Å². The van der Waals surface area contributed by atoms with Crippen molar-refractivity contribution in [2.45, 2.75) is 13.0 Å². The van der Waals surface area contributed by atoms with Gasteiger partial charge in [-0.25, -0.2) is 0 Å². The van der Waals surface area contributed by atoms with Crippen LogP contribution in [0.25, 0.3) is 22.3 Å². The molecule has 0 saturated carbocycles. The third kappa shape index (κ3) is 3.81. The van der Waals surface area contributed by atoms with E-state index in [2.05, 4.69) is 0 Å². The minimum atomic E-state index is -0.453. The molecule has 156 valence electrons. The normalized spacial score (nSPS) is 11.1. The first kappa shape index (κ1) is 19.8. The van der Waals surface area contributed by atoms with Crippen LogP contribution >= 0.6 is 0 Å². The number of aryl methyl sites for hydroxylation is 1. The number of hydrogen-bond acceptors (Lipinski definition) is 3. The van der Waals surface area contributed by atoms with E-state index < -0.39 is 6.10 Å². The molecular weight excluding hydrogens is 396 g/mol. The summed E-state index contributed by atoms with van der Waals surface area (Å²) >= 11 is 0. The van der Waals surface area contributed by atoms with Crippen LogP contribution in [-0.4, -0.2) is 0 Å². The first-order chi connectivity index (χ1) is 15.7. The first-order valence-electron chi connectivity index (χ1n) is 10.6. The van der Waals surface area contributed by atoms with E-state index >= 15 is 0 Å². The minimum Gasteiger partial charge on any atom is -0.473 e. The zero-order valence-corrected chi connectivity index (χ0v) is 17.7. The number of rotatable bonds is 5. The van der Waals surface area contributed by atoms with Crippen LogP contribution in [0.15, 0.2) is 118 Å². The quantitative estimate of drug-likeness (QED) is 0.310. The predicted molar refractivity (Wildman–Crippen MR) is 128 cm³/mol. The summed E-state index contributed by atoms with van der Waals surface area (Å²) in [6.07, 6.45) is -0.453. The molecule has 0 unspecified atom stereocenters. The predicted octanol–water partition coefficient (Wildman–Crippen LogP) is 6.94. The summed E-state index contributed by atoms with van der Waals surface area (Å²) in [5, 5.41) is 0.498. The molecule has 0 spiro atoms. The lowest BCUT2D eigenvalue weighted by Gasteiger charge is -2.21. The lowest BCUT2D eigenvalue weighted by Crippen LogP contribution is -2.16. The van der Waals surface area contributed by atoms with Gasteiger partial charge in [-0.15, -0.1) is 0 Å². The molecule has 0 saturated heterocycles. The summed E-state index contributed by atoms with van der Waals surface area (Å²) in [6.45, 7) is 2.03. The van der Waals surface area contributed by atoms with Gasteiger partial charge in [0.25, 0.3) is 0 Å². The van der Waals surface area contributed by atoms with Crippen LogP contribution in [0.2, 0.25) is 0 Å². The molecule has 0 aliphatic carbocycles. The van der Waals surface area contributed by atoms with Crippen LogP contribution in [-0.2, 0) is 0 Å². The molecule has 0 radical (unpaired) electrons. The van der Waals surface area contributed by atoms with Crippen LogP contribution in [0.1, 0.15) is 22.8 Å². The van der Waals surface area contributed by atoms with E-state index in [4.69, 9.17) is 9.15 Å². The SMILES string of the molecule is Cc1ccc(-c2oc3ccccc3c(=O)c2OC(c2ccccc2)c2ccccc2)cc1. The Morgan fingerprint density at radius 2 is 1.25 bits per heavy atom. The van der Waals surface area contributed by atoms with Crippen molar-refractivity contribution in [2.75, 3.05) is 0 Å². The molecule has 0 amide bonds. The van der Waals surface area contributed by atoms with Crippen LogP contribution in [0.4, 0.5) is 0 Å². The van der Waals surface area contributed by atoms with E-state index in [0.29, 0.717) is 16.7 Å². The van der Waals surface area contributed by atoms with Gasteiger partial charge in [0.15, 0.2) is 5.76 Å². The molecule has 0 aliphatic rings. The molecule has 0 atom stereocenters. The van der Waals surface area contributed by atoms with Gasteiger partial charge in [0.2, 0.25) is 11.2 Å². The maximum Gasteiger partial charge on any atom is 0.235 e. The Morgan fingerprint density at radius 3 is 1.88 bits per heavy atom. The van der Waals surface area contributed by atoms with Crippen molar-refractivity contribution in [3.63, 3.8) is 0 Å². The lowest BCUT2D eigenvalue weighted by atomic mass is 10.0. The van der Waals surface area contributed by atoms with E-state index in [0.717, 1.165) is 22.3 Å². The molecule has 0 bridgehead atoms. The molecule has 1 aromatic heterocycles. The van der Waals surface area contributed by atoms with Crippen molar-refractivity contribution in [1.82, 2.24) is 0 Å². The summed E-state index contributed by atoms with van der Waals surface area (Å²) in [6, 6.07) is 35.0. The smallest absolute Gasteiger partial charge is 0.235 e. The molecular formula is C29H22O3. The van der Waals surface area contributed by atoms with E-state index in [9.17, 15) is 4.79 Å². The number of fused-ring (bicyclic) bond motifs is 1. The monoisotopic (exact) mass is 418 g/mol. The van der Waals surface area contributed by atoms with Crippen molar-refractivity contribution in [1.29, 1.82) is 0 Å². The Morgan fingerprint density at radius 1 is 0.688 bits per heavy atom. The summed E-state index contributed by atoms with van der Waals surface area (Å²) in [5.74, 6) is 0.649. The van der Waals surface area contributed by atoms with Crippen LogP contribution in [0.5, 0.6) is 5.75 Å². The average molecular weight is 418 g/mol. The van der Waals surface area contributed by atoms with Gasteiger partial charge >= 0.3 is 0 Å². The van der Waals surface area contributed by atoms with Crippen molar-refractivity contribution in [3.8, 4) is 17.1 Å². The highest BCUT2D eigenvalue weighted by molar-refractivity contribution is 5.82. The summed E-state index contributed by atoms with van der Waals surface area (Å²) in [5.41, 5.74) is 4.21. The lowest BCUT2D eigenvalue weighted by molar-refractivity contribution is 0.241. The third-order valence-corrected chi connectivity index (χ3v) is 5.51. The Kier molecular flexibility index (Phi) is 5.30. The second-order valence-electron chi connectivity index (χ2n) is 7.77. The van der Waals surface area contributed by atoms with E-state index in [1.807, 2.05) is 110 Å². The molecule has 1 heterocycles. The molecule has 32 heavy (non-hydrogen) atoms. The average Bonchev–Trinajstić information content (AvgIpc) is 2.85. The topological polar surface area (TPSA) is 39.4 Å². The number of benzene rings is 4. The minimum absolute atomic E-state index is 0.181. The summed E-state index contributed by atoms with van der Waals surface area (Å²) in [4.78, 5) is 13.6. The van der Waals surface area contributed by atoms with Gasteiger partial charge in [-0.3, -0.25) is 4.79 Å². The second kappa shape index (κ2) is 8.56. The summed E-state index contributed by atoms with van der Waals surface area (Å²) in [7, 11) is 0. The highest BCUT2D eigenvalue weighted by Gasteiger charge is 2.23. The van der Waals surface area contributed by atoms with Crippen molar-refractivity contribution >= 4 is 11.0 Å². The van der Waals surface area contributed by atoms with E-state index in [1.165, 1.54) is 0 Å². The van der Waals surface area contributed by atoms with Crippen LogP contribution in [0, 0.1) is 6.92 Å². The van der Waals surface area contributed by atoms with Gasteiger partial charge < -0.3 is 9.15 Å². The molecule has 0 fully saturated rings. The maximum atomic E-state index is 13.6. The summed E-state index contributed by atoms with van der Waals surface area (Å²) < 4.78 is 12.8. The Labute approximate surface area is 186 Å². The fourth-order valence-corrected chi connectivity index (χ4v) is 3.83. The highest BCUT2D eigenvalue weighted by Crippen LogP contribution is 2.35. The maximum absolute atomic E-state index is 13.6. The molecule has 3 nitrogen and oxygen atoms in total. The fourth-order valence-electron chi connectivity index (χ4n) is 3.83.